The fourth-order valence-electron chi connectivity index (χ4n) is 1.83. The summed E-state index contributed by atoms with van der Waals surface area (Å²) >= 11 is 0. The van der Waals surface area contributed by atoms with E-state index < -0.39 is 11.6 Å². The zero-order chi connectivity index (χ0) is 15.4. The Kier molecular flexibility index (Phi) is 4.37. The molecule has 2 rings (SSSR count). The second kappa shape index (κ2) is 6.21. The SMILES string of the molecule is COc1ccc(C(=N)N)cc1COc1cc(F)cc(F)c1. The molecular formula is C15H14F2N2O2. The molecule has 3 N–H and O–H groups in total. The number of rotatable bonds is 5. The van der Waals surface area contributed by atoms with Crippen molar-refractivity contribution in [3.63, 3.8) is 0 Å². The first-order valence-corrected chi connectivity index (χ1v) is 6.10. The molecular weight excluding hydrogens is 278 g/mol. The summed E-state index contributed by atoms with van der Waals surface area (Å²) in [7, 11) is 1.49. The second-order valence-corrected chi connectivity index (χ2v) is 4.33. The van der Waals surface area contributed by atoms with Crippen molar-refractivity contribution in [2.45, 2.75) is 6.61 Å². The third-order valence-corrected chi connectivity index (χ3v) is 2.82. The Balaban J connectivity index is 2.21. The first kappa shape index (κ1) is 14.8. The zero-order valence-corrected chi connectivity index (χ0v) is 11.3. The number of methoxy groups -OCH3 is 1. The Labute approximate surface area is 120 Å². The van der Waals surface area contributed by atoms with Crippen LogP contribution in [0.1, 0.15) is 11.1 Å². The molecule has 0 amide bonds. The third kappa shape index (κ3) is 3.68. The van der Waals surface area contributed by atoms with Crippen LogP contribution in [0.4, 0.5) is 8.78 Å². The molecule has 0 spiro atoms. The highest BCUT2D eigenvalue weighted by Gasteiger charge is 2.08. The maximum absolute atomic E-state index is 13.1. The van der Waals surface area contributed by atoms with E-state index in [0.717, 1.165) is 18.2 Å². The number of nitrogens with two attached hydrogens (primary N) is 1. The van der Waals surface area contributed by atoms with Crippen molar-refractivity contribution < 1.29 is 18.3 Å². The lowest BCUT2D eigenvalue weighted by Gasteiger charge is -2.12. The largest absolute Gasteiger partial charge is 0.496 e. The van der Waals surface area contributed by atoms with E-state index in [1.54, 1.807) is 18.2 Å². The summed E-state index contributed by atoms with van der Waals surface area (Å²) < 4.78 is 36.7. The van der Waals surface area contributed by atoms with Gasteiger partial charge in [-0.3, -0.25) is 5.41 Å². The number of hydrogen-bond donors (Lipinski definition) is 2. The Bertz CT molecular complexity index is 654. The van der Waals surface area contributed by atoms with Crippen LogP contribution in [0.25, 0.3) is 0 Å². The summed E-state index contributed by atoms with van der Waals surface area (Å²) in [5.41, 5.74) is 6.56. The predicted octanol–water partition coefficient (Wildman–Crippen LogP) is 2.84. The number of nitrogens with one attached hydrogen (secondary N) is 1. The van der Waals surface area contributed by atoms with Crippen molar-refractivity contribution in [1.82, 2.24) is 0 Å². The van der Waals surface area contributed by atoms with Gasteiger partial charge in [0.1, 0.15) is 35.6 Å². The van der Waals surface area contributed by atoms with E-state index in [2.05, 4.69) is 0 Å². The number of hydrogen-bond acceptors (Lipinski definition) is 3. The molecule has 0 aliphatic carbocycles. The van der Waals surface area contributed by atoms with E-state index in [1.807, 2.05) is 0 Å². The predicted molar refractivity (Wildman–Crippen MR) is 74.7 cm³/mol. The molecule has 0 aliphatic rings. The van der Waals surface area contributed by atoms with Gasteiger partial charge in [0.25, 0.3) is 0 Å². The summed E-state index contributed by atoms with van der Waals surface area (Å²) in [4.78, 5) is 0. The molecule has 6 heteroatoms. The lowest BCUT2D eigenvalue weighted by Crippen LogP contribution is -2.12. The van der Waals surface area contributed by atoms with Crippen molar-refractivity contribution >= 4 is 5.84 Å². The Morgan fingerprint density at radius 1 is 1.14 bits per heavy atom. The lowest BCUT2D eigenvalue weighted by atomic mass is 10.1. The van der Waals surface area contributed by atoms with Crippen molar-refractivity contribution in [2.24, 2.45) is 5.73 Å². The fraction of sp³-hybridized carbons (Fsp3) is 0.133. The molecule has 2 aromatic carbocycles. The summed E-state index contributed by atoms with van der Waals surface area (Å²) in [5, 5.41) is 7.41. The average Bonchev–Trinajstić information content (AvgIpc) is 2.43. The van der Waals surface area contributed by atoms with Crippen LogP contribution >= 0.6 is 0 Å². The molecule has 0 fully saturated rings. The molecule has 0 saturated carbocycles. The van der Waals surface area contributed by atoms with Gasteiger partial charge in [0, 0.05) is 29.3 Å². The number of halogens is 2. The molecule has 21 heavy (non-hydrogen) atoms. The van der Waals surface area contributed by atoms with Crippen LogP contribution in [0.2, 0.25) is 0 Å². The van der Waals surface area contributed by atoms with Gasteiger partial charge in [-0.05, 0) is 18.2 Å². The summed E-state index contributed by atoms with van der Waals surface area (Å²) in [6.07, 6.45) is 0. The van der Waals surface area contributed by atoms with Gasteiger partial charge in [0.2, 0.25) is 0 Å². The van der Waals surface area contributed by atoms with Crippen LogP contribution < -0.4 is 15.2 Å². The first-order chi connectivity index (χ1) is 9.99. The highest BCUT2D eigenvalue weighted by atomic mass is 19.1. The van der Waals surface area contributed by atoms with E-state index in [1.165, 1.54) is 7.11 Å². The maximum Gasteiger partial charge on any atom is 0.129 e. The lowest BCUT2D eigenvalue weighted by molar-refractivity contribution is 0.293. The summed E-state index contributed by atoms with van der Waals surface area (Å²) in [5.74, 6) is -0.903. The van der Waals surface area contributed by atoms with Gasteiger partial charge in [0.05, 0.1) is 7.11 Å². The molecule has 0 saturated heterocycles. The van der Waals surface area contributed by atoms with Crippen LogP contribution in [-0.2, 0) is 6.61 Å². The smallest absolute Gasteiger partial charge is 0.129 e. The molecule has 0 atom stereocenters. The number of benzene rings is 2. The van der Waals surface area contributed by atoms with Gasteiger partial charge < -0.3 is 15.2 Å². The van der Waals surface area contributed by atoms with Crippen LogP contribution in [0, 0.1) is 17.0 Å². The average molecular weight is 292 g/mol. The van der Waals surface area contributed by atoms with Crippen LogP contribution in [0.3, 0.4) is 0 Å². The van der Waals surface area contributed by atoms with Crippen LogP contribution in [-0.4, -0.2) is 12.9 Å². The van der Waals surface area contributed by atoms with E-state index >= 15 is 0 Å². The number of nitrogen functional groups attached to an aromatic ring is 1. The Morgan fingerprint density at radius 2 is 1.81 bits per heavy atom. The van der Waals surface area contributed by atoms with Crippen molar-refractivity contribution in [3.05, 3.63) is 59.2 Å². The molecule has 2 aromatic rings. The van der Waals surface area contributed by atoms with Gasteiger partial charge in [-0.15, -0.1) is 0 Å². The minimum absolute atomic E-state index is 0.0349. The normalized spacial score (nSPS) is 10.2. The van der Waals surface area contributed by atoms with E-state index in [9.17, 15) is 8.78 Å². The molecule has 0 aromatic heterocycles. The van der Waals surface area contributed by atoms with Gasteiger partial charge >= 0.3 is 0 Å². The van der Waals surface area contributed by atoms with E-state index in [4.69, 9.17) is 20.6 Å². The van der Waals surface area contributed by atoms with Gasteiger partial charge in [-0.25, -0.2) is 8.78 Å². The van der Waals surface area contributed by atoms with Gasteiger partial charge in [-0.1, -0.05) is 0 Å². The number of ether oxygens (including phenoxy) is 2. The Morgan fingerprint density at radius 3 is 2.38 bits per heavy atom. The second-order valence-electron chi connectivity index (χ2n) is 4.33. The molecule has 0 bridgehead atoms. The number of amidine groups is 1. The fourth-order valence-corrected chi connectivity index (χ4v) is 1.83. The van der Waals surface area contributed by atoms with Crippen molar-refractivity contribution in [2.75, 3.05) is 7.11 Å². The molecule has 0 heterocycles. The van der Waals surface area contributed by atoms with Crippen molar-refractivity contribution in [3.8, 4) is 11.5 Å². The summed E-state index contributed by atoms with van der Waals surface area (Å²) in [6, 6.07) is 7.88. The van der Waals surface area contributed by atoms with Gasteiger partial charge in [0.15, 0.2) is 0 Å². The van der Waals surface area contributed by atoms with Crippen LogP contribution in [0.15, 0.2) is 36.4 Å². The molecule has 0 radical (unpaired) electrons. The van der Waals surface area contributed by atoms with Crippen molar-refractivity contribution in [1.29, 1.82) is 5.41 Å². The highest BCUT2D eigenvalue weighted by Crippen LogP contribution is 2.23. The standard InChI is InChI=1S/C15H14F2N2O2/c1-20-14-3-2-9(15(18)19)4-10(14)8-21-13-6-11(16)5-12(17)7-13/h2-7H,8H2,1H3,(H3,18,19). The zero-order valence-electron chi connectivity index (χ0n) is 11.3. The van der Waals surface area contributed by atoms with E-state index in [0.29, 0.717) is 16.9 Å². The topological polar surface area (TPSA) is 68.3 Å². The highest BCUT2D eigenvalue weighted by molar-refractivity contribution is 5.95. The first-order valence-electron chi connectivity index (χ1n) is 6.10. The molecule has 0 unspecified atom stereocenters. The van der Waals surface area contributed by atoms with Crippen LogP contribution in [0.5, 0.6) is 11.5 Å². The summed E-state index contributed by atoms with van der Waals surface area (Å²) in [6.45, 7) is 0.0349. The quantitative estimate of drug-likeness (QED) is 0.657. The molecule has 110 valence electrons. The Hall–Kier alpha value is -2.63. The minimum Gasteiger partial charge on any atom is -0.496 e. The molecule has 4 nitrogen and oxygen atoms in total. The van der Waals surface area contributed by atoms with E-state index in [-0.39, 0.29) is 18.2 Å². The maximum atomic E-state index is 13.1. The van der Waals surface area contributed by atoms with Gasteiger partial charge in [-0.2, -0.15) is 0 Å². The minimum atomic E-state index is -0.713. The molecule has 0 aliphatic heterocycles. The monoisotopic (exact) mass is 292 g/mol. The third-order valence-electron chi connectivity index (χ3n) is 2.82.